The monoisotopic (exact) mass is 538 g/mol. The third-order valence-corrected chi connectivity index (χ3v) is 5.82. The highest BCUT2D eigenvalue weighted by Crippen LogP contribution is 2.29. The number of amides is 1. The first-order valence-corrected chi connectivity index (χ1v) is 11.4. The predicted octanol–water partition coefficient (Wildman–Crippen LogP) is 3.84. The molecule has 0 unspecified atom stereocenters. The molecule has 2 N–H and O–H groups in total. The summed E-state index contributed by atoms with van der Waals surface area (Å²) in [6, 6.07) is 0. The van der Waals surface area contributed by atoms with E-state index in [0.29, 0.717) is 19.0 Å². The number of guanidine groups is 1. The van der Waals surface area contributed by atoms with Gasteiger partial charge in [0, 0.05) is 32.7 Å². The SMILES string of the molecule is CCNC(=NCC1(O)CCCC1)N1CCC(CN(CC)C(=O)OC(C)(C)C)CC1.I. The summed E-state index contributed by atoms with van der Waals surface area (Å²) in [6.45, 7) is 14.3. The second kappa shape index (κ2) is 12.3. The summed E-state index contributed by atoms with van der Waals surface area (Å²) in [5.41, 5.74) is -1.08. The van der Waals surface area contributed by atoms with Gasteiger partial charge < -0.3 is 25.0 Å². The zero-order valence-corrected chi connectivity index (χ0v) is 21.9. The van der Waals surface area contributed by atoms with Crippen molar-refractivity contribution in [1.82, 2.24) is 15.1 Å². The van der Waals surface area contributed by atoms with Gasteiger partial charge in [-0.1, -0.05) is 12.8 Å². The van der Waals surface area contributed by atoms with Crippen LogP contribution in [0.15, 0.2) is 4.99 Å². The molecule has 0 aromatic carbocycles. The van der Waals surface area contributed by atoms with E-state index in [1.54, 1.807) is 0 Å². The number of likely N-dealkylation sites (tertiary alicyclic amines) is 1. The number of halogens is 1. The Morgan fingerprint density at radius 2 is 1.83 bits per heavy atom. The maximum absolute atomic E-state index is 12.4. The molecule has 0 bridgehead atoms. The van der Waals surface area contributed by atoms with Crippen molar-refractivity contribution in [2.45, 2.75) is 84.3 Å². The van der Waals surface area contributed by atoms with E-state index in [0.717, 1.165) is 70.7 Å². The molecule has 8 heteroatoms. The van der Waals surface area contributed by atoms with Crippen molar-refractivity contribution >= 4 is 36.0 Å². The summed E-state index contributed by atoms with van der Waals surface area (Å²) in [5, 5.41) is 14.0. The van der Waals surface area contributed by atoms with Crippen LogP contribution in [0.1, 0.15) is 73.1 Å². The fourth-order valence-electron chi connectivity index (χ4n) is 4.14. The quantitative estimate of drug-likeness (QED) is 0.305. The number of piperidine rings is 1. The van der Waals surface area contributed by atoms with E-state index in [1.807, 2.05) is 32.6 Å². The zero-order chi connectivity index (χ0) is 21.5. The van der Waals surface area contributed by atoms with Gasteiger partial charge in [0.25, 0.3) is 0 Å². The Morgan fingerprint density at radius 1 is 1.23 bits per heavy atom. The number of carbonyl (C=O) groups excluding carboxylic acids is 1. The van der Waals surface area contributed by atoms with Crippen LogP contribution in [-0.2, 0) is 4.74 Å². The highest BCUT2D eigenvalue weighted by atomic mass is 127. The van der Waals surface area contributed by atoms with Crippen LogP contribution in [0.4, 0.5) is 4.79 Å². The van der Waals surface area contributed by atoms with Crippen molar-refractivity contribution in [3.8, 4) is 0 Å². The number of hydrogen-bond acceptors (Lipinski definition) is 4. The Morgan fingerprint density at radius 3 is 2.33 bits per heavy atom. The Bertz CT molecular complexity index is 551. The van der Waals surface area contributed by atoms with Gasteiger partial charge in [0.15, 0.2) is 5.96 Å². The Kier molecular flexibility index (Phi) is 11.2. The number of rotatable bonds is 6. The Hall–Kier alpha value is -0.770. The van der Waals surface area contributed by atoms with Crippen molar-refractivity contribution < 1.29 is 14.6 Å². The van der Waals surface area contributed by atoms with E-state index >= 15 is 0 Å². The lowest BCUT2D eigenvalue weighted by Crippen LogP contribution is -2.48. The van der Waals surface area contributed by atoms with Gasteiger partial charge in [0.1, 0.15) is 5.60 Å². The van der Waals surface area contributed by atoms with E-state index in [1.165, 1.54) is 0 Å². The van der Waals surface area contributed by atoms with E-state index in [-0.39, 0.29) is 30.1 Å². The lowest BCUT2D eigenvalue weighted by molar-refractivity contribution is 0.0214. The standard InChI is InChI=1S/C22H42N4O3.HI/c1-6-23-19(24-17-22(28)12-8-9-13-22)26-14-10-18(11-15-26)16-25(7-2)20(27)29-21(3,4)5;/h18,28H,6-17H2,1-5H3,(H,23,24);1H. The topological polar surface area (TPSA) is 77.4 Å². The molecule has 0 radical (unpaired) electrons. The zero-order valence-electron chi connectivity index (χ0n) is 19.6. The summed E-state index contributed by atoms with van der Waals surface area (Å²) in [5.74, 6) is 1.38. The van der Waals surface area contributed by atoms with Gasteiger partial charge in [-0.15, -0.1) is 24.0 Å². The fourth-order valence-corrected chi connectivity index (χ4v) is 4.14. The van der Waals surface area contributed by atoms with Crippen molar-refractivity contribution in [1.29, 1.82) is 0 Å². The average molecular weight is 539 g/mol. The maximum atomic E-state index is 12.4. The van der Waals surface area contributed by atoms with Gasteiger partial charge in [-0.25, -0.2) is 4.79 Å². The molecule has 2 aliphatic rings. The fraction of sp³-hybridized carbons (Fsp3) is 0.909. The normalized spacial score (nSPS) is 19.9. The first-order valence-electron chi connectivity index (χ1n) is 11.4. The minimum atomic E-state index is -0.617. The molecule has 0 aromatic rings. The third kappa shape index (κ3) is 8.77. The first-order chi connectivity index (χ1) is 13.7. The lowest BCUT2D eigenvalue weighted by atomic mass is 9.96. The molecule has 2 fully saturated rings. The van der Waals surface area contributed by atoms with E-state index in [9.17, 15) is 9.90 Å². The summed E-state index contributed by atoms with van der Waals surface area (Å²) >= 11 is 0. The van der Waals surface area contributed by atoms with E-state index in [2.05, 4.69) is 17.1 Å². The van der Waals surface area contributed by atoms with Crippen LogP contribution >= 0.6 is 24.0 Å². The maximum Gasteiger partial charge on any atom is 0.410 e. The minimum absolute atomic E-state index is 0. The molecule has 1 heterocycles. The van der Waals surface area contributed by atoms with Crippen molar-refractivity contribution in [2.75, 3.05) is 39.3 Å². The third-order valence-electron chi connectivity index (χ3n) is 5.82. The number of aliphatic imine (C=N–C) groups is 1. The molecule has 1 saturated carbocycles. The molecule has 30 heavy (non-hydrogen) atoms. The highest BCUT2D eigenvalue weighted by Gasteiger charge is 2.32. The van der Waals surface area contributed by atoms with Crippen LogP contribution in [-0.4, -0.2) is 77.4 Å². The second-order valence-electron chi connectivity index (χ2n) is 9.55. The molecule has 1 aliphatic heterocycles. The molecule has 1 aliphatic carbocycles. The van der Waals surface area contributed by atoms with E-state index < -0.39 is 11.2 Å². The minimum Gasteiger partial charge on any atom is -0.444 e. The molecule has 176 valence electrons. The van der Waals surface area contributed by atoms with Crippen molar-refractivity contribution in [2.24, 2.45) is 10.9 Å². The molecule has 2 rings (SSSR count). The number of nitrogens with zero attached hydrogens (tertiary/aromatic N) is 3. The summed E-state index contributed by atoms with van der Waals surface area (Å²) in [4.78, 5) is 21.3. The molecule has 1 saturated heterocycles. The first kappa shape index (κ1) is 27.3. The van der Waals surface area contributed by atoms with Gasteiger partial charge in [-0.05, 0) is 66.2 Å². The molecule has 7 nitrogen and oxygen atoms in total. The molecular formula is C22H43IN4O3. The summed E-state index contributed by atoms with van der Waals surface area (Å²) < 4.78 is 5.54. The van der Waals surface area contributed by atoms with Crippen LogP contribution in [0, 0.1) is 5.92 Å². The van der Waals surface area contributed by atoms with Crippen molar-refractivity contribution in [3.05, 3.63) is 0 Å². The highest BCUT2D eigenvalue weighted by molar-refractivity contribution is 14.0. The Balaban J connectivity index is 0.00000450. The number of aliphatic hydroxyl groups is 1. The van der Waals surface area contributed by atoms with Crippen LogP contribution in [0.3, 0.4) is 0 Å². The van der Waals surface area contributed by atoms with Gasteiger partial charge >= 0.3 is 6.09 Å². The van der Waals surface area contributed by atoms with Gasteiger partial charge in [-0.3, -0.25) is 4.99 Å². The van der Waals surface area contributed by atoms with Crippen LogP contribution < -0.4 is 5.32 Å². The Labute approximate surface area is 200 Å². The number of carbonyl (C=O) groups is 1. The molecule has 0 atom stereocenters. The largest absolute Gasteiger partial charge is 0.444 e. The average Bonchev–Trinajstić information content (AvgIpc) is 3.09. The van der Waals surface area contributed by atoms with Gasteiger partial charge in [0.2, 0.25) is 0 Å². The molecular weight excluding hydrogens is 495 g/mol. The van der Waals surface area contributed by atoms with Crippen LogP contribution in [0.25, 0.3) is 0 Å². The van der Waals surface area contributed by atoms with Crippen LogP contribution in [0.2, 0.25) is 0 Å². The molecule has 0 aromatic heterocycles. The predicted molar refractivity (Wildman–Crippen MR) is 133 cm³/mol. The van der Waals surface area contributed by atoms with Crippen LogP contribution in [0.5, 0.6) is 0 Å². The number of ether oxygens (including phenoxy) is 1. The second-order valence-corrected chi connectivity index (χ2v) is 9.55. The summed E-state index contributed by atoms with van der Waals surface area (Å²) in [7, 11) is 0. The molecule has 1 amide bonds. The van der Waals surface area contributed by atoms with E-state index in [4.69, 9.17) is 9.73 Å². The van der Waals surface area contributed by atoms with Gasteiger partial charge in [-0.2, -0.15) is 0 Å². The molecule has 0 spiro atoms. The smallest absolute Gasteiger partial charge is 0.410 e. The lowest BCUT2D eigenvalue weighted by Gasteiger charge is -2.37. The van der Waals surface area contributed by atoms with Crippen molar-refractivity contribution in [3.63, 3.8) is 0 Å². The number of hydrogen-bond donors (Lipinski definition) is 2. The summed E-state index contributed by atoms with van der Waals surface area (Å²) in [6.07, 6.45) is 5.73. The number of nitrogens with one attached hydrogen (secondary N) is 1. The van der Waals surface area contributed by atoms with Gasteiger partial charge in [0.05, 0.1) is 12.1 Å².